The van der Waals surface area contributed by atoms with Gasteiger partial charge >= 0.3 is 0 Å². The molecule has 2 N–H and O–H groups in total. The normalized spacial score (nSPS) is 10.3. The molecular formula is C11H10BrN3O. The van der Waals surface area contributed by atoms with E-state index in [-0.39, 0.29) is 11.2 Å². The first-order chi connectivity index (χ1) is 7.68. The quantitative estimate of drug-likeness (QED) is 0.909. The van der Waals surface area contributed by atoms with Crippen LogP contribution in [0.3, 0.4) is 0 Å². The van der Waals surface area contributed by atoms with Gasteiger partial charge in [-0.15, -0.1) is 0 Å². The molecule has 0 aliphatic heterocycles. The summed E-state index contributed by atoms with van der Waals surface area (Å²) in [6.07, 6.45) is 1.53. The van der Waals surface area contributed by atoms with E-state index in [4.69, 9.17) is 5.73 Å². The number of benzene rings is 1. The van der Waals surface area contributed by atoms with Crippen molar-refractivity contribution in [3.63, 3.8) is 0 Å². The minimum absolute atomic E-state index is 0.186. The second kappa shape index (κ2) is 4.49. The lowest BCUT2D eigenvalue weighted by Crippen LogP contribution is -2.25. The molecular weight excluding hydrogens is 270 g/mol. The number of rotatable bonds is 2. The topological polar surface area (TPSA) is 60.9 Å². The maximum atomic E-state index is 11.7. The maximum absolute atomic E-state index is 11.7. The van der Waals surface area contributed by atoms with Crippen molar-refractivity contribution in [2.75, 3.05) is 5.73 Å². The van der Waals surface area contributed by atoms with Crippen molar-refractivity contribution in [3.8, 4) is 0 Å². The highest BCUT2D eigenvalue weighted by Gasteiger charge is 2.05. The van der Waals surface area contributed by atoms with Gasteiger partial charge in [-0.05, 0) is 21.5 Å². The number of hydrogen-bond acceptors (Lipinski definition) is 3. The molecule has 0 atom stereocenters. The minimum atomic E-state index is -0.279. The van der Waals surface area contributed by atoms with E-state index in [2.05, 4.69) is 21.0 Å². The SMILES string of the molecule is Nc1c(Br)cnn(Cc2ccccc2)c1=O. The third-order valence-corrected chi connectivity index (χ3v) is 2.84. The number of halogens is 1. The first-order valence-electron chi connectivity index (χ1n) is 4.73. The summed E-state index contributed by atoms with van der Waals surface area (Å²) in [5, 5.41) is 4.01. The molecule has 5 heteroatoms. The van der Waals surface area contributed by atoms with Gasteiger partial charge in [0.15, 0.2) is 0 Å². The van der Waals surface area contributed by atoms with E-state index in [0.29, 0.717) is 11.0 Å². The number of anilines is 1. The number of aromatic nitrogens is 2. The third-order valence-electron chi connectivity index (χ3n) is 2.21. The van der Waals surface area contributed by atoms with Crippen LogP contribution in [0.15, 0.2) is 45.8 Å². The molecule has 2 rings (SSSR count). The molecule has 0 saturated carbocycles. The fourth-order valence-corrected chi connectivity index (χ4v) is 1.61. The average Bonchev–Trinajstić information content (AvgIpc) is 2.31. The predicted molar refractivity (Wildman–Crippen MR) is 66.2 cm³/mol. The molecule has 0 radical (unpaired) electrons. The number of nitrogen functional groups attached to an aromatic ring is 1. The Morgan fingerprint density at radius 1 is 1.31 bits per heavy atom. The van der Waals surface area contributed by atoms with Gasteiger partial charge in [0, 0.05) is 0 Å². The lowest BCUT2D eigenvalue weighted by atomic mass is 10.2. The van der Waals surface area contributed by atoms with Gasteiger partial charge in [0.25, 0.3) is 5.56 Å². The minimum Gasteiger partial charge on any atom is -0.393 e. The molecule has 2 aromatic rings. The van der Waals surface area contributed by atoms with Gasteiger partial charge in [-0.2, -0.15) is 5.10 Å². The lowest BCUT2D eigenvalue weighted by molar-refractivity contribution is 0.639. The molecule has 1 aromatic carbocycles. The Kier molecular flexibility index (Phi) is 3.05. The van der Waals surface area contributed by atoms with Crippen LogP contribution in [0.1, 0.15) is 5.56 Å². The molecule has 1 heterocycles. The highest BCUT2D eigenvalue weighted by atomic mass is 79.9. The smallest absolute Gasteiger partial charge is 0.291 e. The summed E-state index contributed by atoms with van der Waals surface area (Å²) in [6.45, 7) is 0.428. The van der Waals surface area contributed by atoms with Crippen LogP contribution < -0.4 is 11.3 Å². The molecule has 0 aliphatic rings. The van der Waals surface area contributed by atoms with Crippen LogP contribution in [-0.2, 0) is 6.54 Å². The van der Waals surface area contributed by atoms with Gasteiger partial charge in [0.2, 0.25) is 0 Å². The largest absolute Gasteiger partial charge is 0.393 e. The predicted octanol–water partition coefficient (Wildman–Crippen LogP) is 1.64. The van der Waals surface area contributed by atoms with E-state index >= 15 is 0 Å². The summed E-state index contributed by atoms with van der Waals surface area (Å²) in [5.41, 5.74) is 6.54. The molecule has 1 aromatic heterocycles. The molecule has 0 bridgehead atoms. The zero-order chi connectivity index (χ0) is 11.5. The maximum Gasteiger partial charge on any atom is 0.291 e. The third kappa shape index (κ3) is 2.14. The van der Waals surface area contributed by atoms with Gasteiger partial charge in [-0.25, -0.2) is 4.68 Å². The van der Waals surface area contributed by atoms with Crippen molar-refractivity contribution in [1.29, 1.82) is 0 Å². The van der Waals surface area contributed by atoms with Crippen molar-refractivity contribution in [1.82, 2.24) is 9.78 Å². The highest BCUT2D eigenvalue weighted by molar-refractivity contribution is 9.10. The molecule has 4 nitrogen and oxygen atoms in total. The van der Waals surface area contributed by atoms with E-state index < -0.39 is 0 Å². The first kappa shape index (κ1) is 10.9. The van der Waals surface area contributed by atoms with E-state index in [1.807, 2.05) is 30.3 Å². The van der Waals surface area contributed by atoms with Gasteiger partial charge in [0.05, 0.1) is 17.2 Å². The number of nitrogens with two attached hydrogens (primary N) is 1. The summed E-state index contributed by atoms with van der Waals surface area (Å²) in [4.78, 5) is 11.7. The lowest BCUT2D eigenvalue weighted by Gasteiger charge is -2.05. The summed E-state index contributed by atoms with van der Waals surface area (Å²) in [6, 6.07) is 9.64. The van der Waals surface area contributed by atoms with Gasteiger partial charge in [-0.1, -0.05) is 30.3 Å². The van der Waals surface area contributed by atoms with Crippen LogP contribution in [0.4, 0.5) is 5.69 Å². The van der Waals surface area contributed by atoms with E-state index in [1.54, 1.807) is 0 Å². The Morgan fingerprint density at radius 2 is 2.00 bits per heavy atom. The van der Waals surface area contributed by atoms with Crippen LogP contribution in [-0.4, -0.2) is 9.78 Å². The van der Waals surface area contributed by atoms with Crippen LogP contribution in [0.2, 0.25) is 0 Å². The highest BCUT2D eigenvalue weighted by Crippen LogP contribution is 2.12. The molecule has 0 aliphatic carbocycles. The molecule has 16 heavy (non-hydrogen) atoms. The van der Waals surface area contributed by atoms with Crippen molar-refractivity contribution >= 4 is 21.6 Å². The van der Waals surface area contributed by atoms with Crippen LogP contribution in [0.5, 0.6) is 0 Å². The number of hydrogen-bond donors (Lipinski definition) is 1. The Bertz CT molecular complexity index is 551. The first-order valence-corrected chi connectivity index (χ1v) is 5.53. The zero-order valence-electron chi connectivity index (χ0n) is 8.43. The molecule has 0 unspecified atom stereocenters. The zero-order valence-corrected chi connectivity index (χ0v) is 10.0. The Hall–Kier alpha value is -1.62. The van der Waals surface area contributed by atoms with Crippen LogP contribution in [0, 0.1) is 0 Å². The molecule has 82 valence electrons. The standard InChI is InChI=1S/C11H10BrN3O/c12-9-6-14-15(11(16)10(9)13)7-8-4-2-1-3-5-8/h1-6H,7,13H2. The van der Waals surface area contributed by atoms with Gasteiger partial charge in [0.1, 0.15) is 5.69 Å². The number of nitrogens with zero attached hydrogens (tertiary/aromatic N) is 2. The van der Waals surface area contributed by atoms with E-state index in [1.165, 1.54) is 10.9 Å². The van der Waals surface area contributed by atoms with Crippen molar-refractivity contribution in [2.24, 2.45) is 0 Å². The van der Waals surface area contributed by atoms with Gasteiger partial charge in [-0.3, -0.25) is 4.79 Å². The van der Waals surface area contributed by atoms with Crippen LogP contribution >= 0.6 is 15.9 Å². The van der Waals surface area contributed by atoms with Crippen molar-refractivity contribution in [2.45, 2.75) is 6.54 Å². The Morgan fingerprint density at radius 3 is 2.69 bits per heavy atom. The van der Waals surface area contributed by atoms with Crippen LogP contribution in [0.25, 0.3) is 0 Å². The van der Waals surface area contributed by atoms with Crippen molar-refractivity contribution < 1.29 is 0 Å². The fourth-order valence-electron chi connectivity index (χ4n) is 1.35. The second-order valence-corrected chi connectivity index (χ2v) is 4.21. The summed E-state index contributed by atoms with van der Waals surface area (Å²) in [5.74, 6) is 0. The molecule has 0 saturated heterocycles. The Balaban J connectivity index is 2.37. The average molecular weight is 280 g/mol. The fraction of sp³-hybridized carbons (Fsp3) is 0.0909. The summed E-state index contributed by atoms with van der Waals surface area (Å²) >= 11 is 3.16. The molecule has 0 spiro atoms. The second-order valence-electron chi connectivity index (χ2n) is 3.35. The molecule has 0 amide bonds. The summed E-state index contributed by atoms with van der Waals surface area (Å²) < 4.78 is 1.87. The van der Waals surface area contributed by atoms with E-state index in [0.717, 1.165) is 5.56 Å². The van der Waals surface area contributed by atoms with E-state index in [9.17, 15) is 4.79 Å². The Labute approximate surface area is 101 Å². The van der Waals surface area contributed by atoms with Gasteiger partial charge < -0.3 is 5.73 Å². The van der Waals surface area contributed by atoms with Crippen molar-refractivity contribution in [3.05, 3.63) is 56.9 Å². The summed E-state index contributed by atoms with van der Waals surface area (Å²) in [7, 11) is 0. The molecule has 0 fully saturated rings. The monoisotopic (exact) mass is 279 g/mol.